The molecule has 2 aromatic carbocycles. The van der Waals surface area contributed by atoms with Gasteiger partial charge in [-0.25, -0.2) is 9.97 Å². The van der Waals surface area contributed by atoms with Gasteiger partial charge in [-0.1, -0.05) is 24.3 Å². The summed E-state index contributed by atoms with van der Waals surface area (Å²) in [6.45, 7) is 6.18. The van der Waals surface area contributed by atoms with E-state index < -0.39 is 6.04 Å². The van der Waals surface area contributed by atoms with Crippen LogP contribution in [0.3, 0.4) is 0 Å². The first-order chi connectivity index (χ1) is 15.0. The van der Waals surface area contributed by atoms with E-state index in [2.05, 4.69) is 15.3 Å². The van der Waals surface area contributed by atoms with Crippen molar-refractivity contribution in [1.29, 1.82) is 0 Å². The highest BCUT2D eigenvalue weighted by Gasteiger charge is 2.22. The lowest BCUT2D eigenvalue weighted by Gasteiger charge is -2.23. The number of ether oxygens (including phenoxy) is 1. The van der Waals surface area contributed by atoms with E-state index in [0.29, 0.717) is 29.3 Å². The smallest absolute Gasteiger partial charge is 0.161 e. The number of aryl methyl sites for hydroxylation is 2. The Labute approximate surface area is 181 Å². The summed E-state index contributed by atoms with van der Waals surface area (Å²) in [4.78, 5) is 8.96. The van der Waals surface area contributed by atoms with Crippen molar-refractivity contribution in [1.82, 2.24) is 9.97 Å². The Balaban J connectivity index is 1.87. The normalized spacial score (nSPS) is 12.0. The van der Waals surface area contributed by atoms with Gasteiger partial charge in [-0.15, -0.1) is 0 Å². The fourth-order valence-corrected chi connectivity index (χ4v) is 3.60. The van der Waals surface area contributed by atoms with Crippen molar-refractivity contribution in [3.05, 3.63) is 83.2 Å². The van der Waals surface area contributed by atoms with Crippen LogP contribution in [0.4, 0.5) is 5.82 Å². The van der Waals surface area contributed by atoms with Crippen LogP contribution in [0.5, 0.6) is 17.2 Å². The molecule has 1 atom stereocenters. The second kappa shape index (κ2) is 8.52. The minimum Gasteiger partial charge on any atom is -0.505 e. The van der Waals surface area contributed by atoms with Gasteiger partial charge in [0.2, 0.25) is 0 Å². The third kappa shape index (κ3) is 4.23. The van der Waals surface area contributed by atoms with Crippen LogP contribution in [0.1, 0.15) is 35.3 Å². The molecule has 0 amide bonds. The molecule has 4 aromatic rings. The molecule has 1 unspecified atom stereocenters. The van der Waals surface area contributed by atoms with Gasteiger partial charge in [0.25, 0.3) is 0 Å². The Morgan fingerprint density at radius 2 is 1.81 bits per heavy atom. The lowest BCUT2D eigenvalue weighted by atomic mass is 9.95. The molecule has 0 spiro atoms. The molecular formula is C25H25N3O3. The monoisotopic (exact) mass is 415 g/mol. The number of fused-ring (bicyclic) bond motifs is 1. The number of phenols is 2. The molecule has 0 aliphatic heterocycles. The third-order valence-electron chi connectivity index (χ3n) is 5.14. The van der Waals surface area contributed by atoms with Crippen LogP contribution in [-0.2, 0) is 0 Å². The number of benzene rings is 2. The van der Waals surface area contributed by atoms with Crippen LogP contribution in [0, 0.1) is 13.8 Å². The minimum absolute atomic E-state index is 0.0676. The topological polar surface area (TPSA) is 87.5 Å². The molecule has 0 aliphatic carbocycles. The Morgan fingerprint density at radius 1 is 1.00 bits per heavy atom. The maximum absolute atomic E-state index is 11.2. The van der Waals surface area contributed by atoms with Gasteiger partial charge in [-0.05, 0) is 62.2 Å². The number of nitrogens with zero attached hydrogens (tertiary/aromatic N) is 2. The maximum Gasteiger partial charge on any atom is 0.161 e. The van der Waals surface area contributed by atoms with E-state index in [-0.39, 0.29) is 11.5 Å². The van der Waals surface area contributed by atoms with Gasteiger partial charge in [0.05, 0.1) is 12.6 Å². The van der Waals surface area contributed by atoms with E-state index in [1.54, 1.807) is 24.4 Å². The highest BCUT2D eigenvalue weighted by molar-refractivity contribution is 5.86. The molecule has 0 bridgehead atoms. The van der Waals surface area contributed by atoms with E-state index in [4.69, 9.17) is 4.74 Å². The number of aromatic hydroxyl groups is 2. The van der Waals surface area contributed by atoms with E-state index in [1.165, 1.54) is 0 Å². The summed E-state index contributed by atoms with van der Waals surface area (Å²) < 4.78 is 5.58. The average Bonchev–Trinajstić information content (AvgIpc) is 2.75. The summed E-state index contributed by atoms with van der Waals surface area (Å²) in [6.07, 6.45) is 1.74. The van der Waals surface area contributed by atoms with Crippen molar-refractivity contribution in [2.75, 3.05) is 11.9 Å². The Kier molecular flexibility index (Phi) is 5.62. The summed E-state index contributed by atoms with van der Waals surface area (Å²) in [5.74, 6) is 1.24. The molecule has 0 fully saturated rings. The third-order valence-corrected chi connectivity index (χ3v) is 5.14. The zero-order chi connectivity index (χ0) is 22.0. The zero-order valence-electron chi connectivity index (χ0n) is 17.8. The first-order valence-electron chi connectivity index (χ1n) is 10.2. The van der Waals surface area contributed by atoms with Gasteiger partial charge in [-0.2, -0.15) is 0 Å². The zero-order valence-corrected chi connectivity index (χ0v) is 17.8. The number of rotatable bonds is 6. The summed E-state index contributed by atoms with van der Waals surface area (Å²) in [5, 5.41) is 25.6. The molecule has 0 saturated carbocycles. The van der Waals surface area contributed by atoms with Crippen LogP contribution >= 0.6 is 0 Å². The van der Waals surface area contributed by atoms with Gasteiger partial charge < -0.3 is 20.3 Å². The lowest BCUT2D eigenvalue weighted by molar-refractivity contribution is 0.317. The number of phenolic OH excluding ortho intramolecular Hbond substituents is 2. The molecule has 158 valence electrons. The molecule has 6 nitrogen and oxygen atoms in total. The van der Waals surface area contributed by atoms with Crippen molar-refractivity contribution in [3.8, 4) is 17.2 Å². The Bertz CT molecular complexity index is 1240. The SMILES string of the molecule is CCOc1cc(C(Nc2cc(C)ccn2)c2ccc3ccc(C)nc3c2O)ccc1O. The molecule has 31 heavy (non-hydrogen) atoms. The molecule has 0 saturated heterocycles. The number of pyridine rings is 2. The quantitative estimate of drug-likeness (QED) is 0.398. The second-order valence-electron chi connectivity index (χ2n) is 7.48. The molecule has 3 N–H and O–H groups in total. The van der Waals surface area contributed by atoms with Crippen LogP contribution in [0.25, 0.3) is 10.9 Å². The lowest BCUT2D eigenvalue weighted by Crippen LogP contribution is -2.14. The van der Waals surface area contributed by atoms with E-state index in [9.17, 15) is 10.2 Å². The fraction of sp³-hybridized carbons (Fsp3) is 0.200. The summed E-state index contributed by atoms with van der Waals surface area (Å²) >= 11 is 0. The molecule has 2 heterocycles. The standard InChI is InChI=1S/C25H25N3O3/c1-4-31-21-14-18(8-10-20(21)29)23(28-22-13-15(2)11-12-26-22)19-9-7-17-6-5-16(3)27-24(17)25(19)30/h5-14,23,29-30H,4H2,1-3H3,(H,26,28). The van der Waals surface area contributed by atoms with Crippen molar-refractivity contribution in [2.24, 2.45) is 0 Å². The fourth-order valence-electron chi connectivity index (χ4n) is 3.60. The summed E-state index contributed by atoms with van der Waals surface area (Å²) in [7, 11) is 0. The Hall–Kier alpha value is -3.80. The van der Waals surface area contributed by atoms with E-state index in [1.807, 2.05) is 57.2 Å². The second-order valence-corrected chi connectivity index (χ2v) is 7.48. The molecule has 2 aromatic heterocycles. The van der Waals surface area contributed by atoms with Crippen molar-refractivity contribution in [3.63, 3.8) is 0 Å². The van der Waals surface area contributed by atoms with Gasteiger partial charge in [-0.3, -0.25) is 0 Å². The highest BCUT2D eigenvalue weighted by Crippen LogP contribution is 2.39. The number of hydrogen-bond donors (Lipinski definition) is 3. The van der Waals surface area contributed by atoms with Crippen LogP contribution in [-0.4, -0.2) is 26.8 Å². The van der Waals surface area contributed by atoms with E-state index >= 15 is 0 Å². The Morgan fingerprint density at radius 3 is 2.58 bits per heavy atom. The van der Waals surface area contributed by atoms with Gasteiger partial charge in [0.15, 0.2) is 11.5 Å². The predicted octanol–water partition coefficient (Wildman–Crippen LogP) is 5.26. The van der Waals surface area contributed by atoms with Crippen LogP contribution in [0.2, 0.25) is 0 Å². The van der Waals surface area contributed by atoms with E-state index in [0.717, 1.165) is 22.2 Å². The van der Waals surface area contributed by atoms with Gasteiger partial charge in [0, 0.05) is 22.8 Å². The molecule has 0 aliphatic rings. The van der Waals surface area contributed by atoms with Crippen LogP contribution < -0.4 is 10.1 Å². The van der Waals surface area contributed by atoms with Gasteiger partial charge in [0.1, 0.15) is 17.1 Å². The molecule has 4 rings (SSSR count). The largest absolute Gasteiger partial charge is 0.505 e. The number of nitrogens with one attached hydrogen (secondary N) is 1. The average molecular weight is 415 g/mol. The molecular weight excluding hydrogens is 390 g/mol. The number of hydrogen-bond acceptors (Lipinski definition) is 6. The van der Waals surface area contributed by atoms with Crippen LogP contribution in [0.15, 0.2) is 60.8 Å². The number of anilines is 1. The van der Waals surface area contributed by atoms with Crippen molar-refractivity contribution in [2.45, 2.75) is 26.8 Å². The summed E-state index contributed by atoms with van der Waals surface area (Å²) in [6, 6.07) is 16.3. The summed E-state index contributed by atoms with van der Waals surface area (Å²) in [5.41, 5.74) is 3.91. The number of aromatic nitrogens is 2. The van der Waals surface area contributed by atoms with Gasteiger partial charge >= 0.3 is 0 Å². The first kappa shape index (κ1) is 20.5. The maximum atomic E-state index is 11.2. The molecule has 0 radical (unpaired) electrons. The predicted molar refractivity (Wildman–Crippen MR) is 122 cm³/mol. The first-order valence-corrected chi connectivity index (χ1v) is 10.2. The van der Waals surface area contributed by atoms with Crippen molar-refractivity contribution < 1.29 is 14.9 Å². The highest BCUT2D eigenvalue weighted by atomic mass is 16.5. The molecule has 6 heteroatoms. The van der Waals surface area contributed by atoms with Crippen molar-refractivity contribution >= 4 is 16.7 Å². The minimum atomic E-state index is -0.444.